The summed E-state index contributed by atoms with van der Waals surface area (Å²) in [5.41, 5.74) is 2.87. The molecule has 0 aromatic heterocycles. The van der Waals surface area contributed by atoms with Crippen molar-refractivity contribution in [2.24, 2.45) is 0 Å². The number of carbonyl (C=O) groups is 1. The average molecular weight is 272 g/mol. The largest absolute Gasteiger partial charge is 0.368 e. The minimum atomic E-state index is -0.273. The van der Waals surface area contributed by atoms with Gasteiger partial charge < -0.3 is 15.5 Å². The van der Waals surface area contributed by atoms with Crippen LogP contribution in [0.25, 0.3) is 0 Å². The first-order valence-corrected chi connectivity index (χ1v) is 6.84. The first-order valence-electron chi connectivity index (χ1n) is 6.84. The van der Waals surface area contributed by atoms with Crippen molar-refractivity contribution in [1.29, 1.82) is 5.26 Å². The van der Waals surface area contributed by atoms with Crippen molar-refractivity contribution in [3.8, 4) is 6.07 Å². The normalized spacial score (nSPS) is 16.8. The topological polar surface area (TPSA) is 68.2 Å². The smallest absolute Gasteiger partial charge is 0.246 e. The van der Waals surface area contributed by atoms with Crippen LogP contribution in [0.5, 0.6) is 0 Å². The van der Waals surface area contributed by atoms with Crippen LogP contribution in [0.1, 0.15) is 31.9 Å². The third kappa shape index (κ3) is 2.61. The van der Waals surface area contributed by atoms with Gasteiger partial charge in [0.25, 0.3) is 0 Å². The van der Waals surface area contributed by atoms with Crippen molar-refractivity contribution >= 4 is 17.3 Å². The number of rotatable bonds is 5. The molecule has 1 aliphatic rings. The van der Waals surface area contributed by atoms with E-state index in [1.807, 2.05) is 18.2 Å². The van der Waals surface area contributed by atoms with Gasteiger partial charge in [-0.05, 0) is 33.0 Å². The van der Waals surface area contributed by atoms with Gasteiger partial charge in [-0.2, -0.15) is 5.26 Å². The summed E-state index contributed by atoms with van der Waals surface area (Å²) in [6, 6.07) is 8.19. The molecular formula is C15H20N4O. The highest BCUT2D eigenvalue weighted by molar-refractivity contribution is 6.03. The van der Waals surface area contributed by atoms with Gasteiger partial charge in [-0.15, -0.1) is 0 Å². The van der Waals surface area contributed by atoms with Crippen molar-refractivity contribution in [2.45, 2.75) is 32.4 Å². The van der Waals surface area contributed by atoms with E-state index < -0.39 is 0 Å². The van der Waals surface area contributed by atoms with Gasteiger partial charge in [-0.3, -0.25) is 4.79 Å². The SMILES string of the molecule is CNC1C(=O)Nc2cc(N(CCC#N)C(C)C)ccc21. The zero-order valence-electron chi connectivity index (χ0n) is 12.1. The van der Waals surface area contributed by atoms with E-state index in [0.717, 1.165) is 16.9 Å². The molecule has 1 heterocycles. The Labute approximate surface area is 119 Å². The van der Waals surface area contributed by atoms with Crippen LogP contribution in [0.15, 0.2) is 18.2 Å². The molecule has 0 radical (unpaired) electrons. The molecule has 1 aliphatic heterocycles. The van der Waals surface area contributed by atoms with Crippen molar-refractivity contribution in [3.05, 3.63) is 23.8 Å². The molecule has 0 aliphatic carbocycles. The lowest BCUT2D eigenvalue weighted by Gasteiger charge is -2.28. The monoisotopic (exact) mass is 272 g/mol. The van der Waals surface area contributed by atoms with Gasteiger partial charge in [0.15, 0.2) is 0 Å². The van der Waals surface area contributed by atoms with Crippen molar-refractivity contribution in [3.63, 3.8) is 0 Å². The number of carbonyl (C=O) groups excluding carboxylic acids is 1. The molecule has 1 atom stereocenters. The molecule has 20 heavy (non-hydrogen) atoms. The molecule has 0 saturated heterocycles. The van der Waals surface area contributed by atoms with Crippen LogP contribution >= 0.6 is 0 Å². The maximum atomic E-state index is 11.8. The Morgan fingerprint density at radius 3 is 2.85 bits per heavy atom. The summed E-state index contributed by atoms with van der Waals surface area (Å²) in [5, 5.41) is 14.7. The zero-order chi connectivity index (χ0) is 14.7. The van der Waals surface area contributed by atoms with E-state index in [1.165, 1.54) is 0 Å². The van der Waals surface area contributed by atoms with E-state index in [-0.39, 0.29) is 11.9 Å². The van der Waals surface area contributed by atoms with E-state index in [9.17, 15) is 4.79 Å². The van der Waals surface area contributed by atoms with Crippen LogP contribution in [-0.4, -0.2) is 25.5 Å². The number of anilines is 2. The second-order valence-corrected chi connectivity index (χ2v) is 5.18. The maximum absolute atomic E-state index is 11.8. The highest BCUT2D eigenvalue weighted by atomic mass is 16.2. The number of amides is 1. The predicted octanol–water partition coefficient (Wildman–Crippen LogP) is 2.03. The minimum absolute atomic E-state index is 0.0206. The molecule has 1 amide bonds. The zero-order valence-corrected chi connectivity index (χ0v) is 12.1. The Morgan fingerprint density at radius 1 is 1.50 bits per heavy atom. The van der Waals surface area contributed by atoms with Gasteiger partial charge in [0.2, 0.25) is 5.91 Å². The Kier molecular flexibility index (Phi) is 4.26. The lowest BCUT2D eigenvalue weighted by atomic mass is 10.1. The van der Waals surface area contributed by atoms with Crippen molar-refractivity contribution in [2.75, 3.05) is 23.8 Å². The Morgan fingerprint density at radius 2 is 2.25 bits per heavy atom. The summed E-state index contributed by atoms with van der Waals surface area (Å²) < 4.78 is 0. The molecule has 0 bridgehead atoms. The number of hydrogen-bond acceptors (Lipinski definition) is 4. The third-order valence-corrected chi connectivity index (χ3v) is 3.58. The molecule has 5 heteroatoms. The Bertz CT molecular complexity index is 547. The summed E-state index contributed by atoms with van der Waals surface area (Å²) in [6.07, 6.45) is 0.487. The highest BCUT2D eigenvalue weighted by Gasteiger charge is 2.29. The molecule has 2 N–H and O–H groups in total. The third-order valence-electron chi connectivity index (χ3n) is 3.58. The molecule has 1 aromatic rings. The van der Waals surface area contributed by atoms with E-state index in [1.54, 1.807) is 7.05 Å². The lowest BCUT2D eigenvalue weighted by molar-refractivity contribution is -0.117. The van der Waals surface area contributed by atoms with Crippen LogP contribution in [-0.2, 0) is 4.79 Å². The molecule has 1 unspecified atom stereocenters. The molecule has 1 aromatic carbocycles. The molecule has 2 rings (SSSR count). The molecular weight excluding hydrogens is 252 g/mol. The van der Waals surface area contributed by atoms with Crippen LogP contribution in [0.3, 0.4) is 0 Å². The number of likely N-dealkylation sites (N-methyl/N-ethyl adjacent to an activating group) is 1. The summed E-state index contributed by atoms with van der Waals surface area (Å²) in [5.74, 6) is -0.0206. The summed E-state index contributed by atoms with van der Waals surface area (Å²) in [4.78, 5) is 14.0. The van der Waals surface area contributed by atoms with E-state index in [0.29, 0.717) is 19.0 Å². The summed E-state index contributed by atoms with van der Waals surface area (Å²) >= 11 is 0. The summed E-state index contributed by atoms with van der Waals surface area (Å²) in [7, 11) is 1.78. The van der Waals surface area contributed by atoms with Gasteiger partial charge in [0.1, 0.15) is 6.04 Å². The van der Waals surface area contributed by atoms with Gasteiger partial charge >= 0.3 is 0 Å². The fourth-order valence-electron chi connectivity index (χ4n) is 2.57. The lowest BCUT2D eigenvalue weighted by Crippen LogP contribution is -2.31. The number of fused-ring (bicyclic) bond motifs is 1. The van der Waals surface area contributed by atoms with Gasteiger partial charge in [0.05, 0.1) is 12.5 Å². The van der Waals surface area contributed by atoms with Gasteiger partial charge in [-0.1, -0.05) is 6.07 Å². The summed E-state index contributed by atoms with van der Waals surface area (Å²) in [6.45, 7) is 4.88. The standard InChI is InChI=1S/C15H20N4O/c1-10(2)19(8-4-7-16)11-5-6-12-13(9-11)18-15(20)14(12)17-3/h5-6,9-10,14,17H,4,8H2,1-3H3,(H,18,20). The van der Waals surface area contributed by atoms with Crippen LogP contribution in [0, 0.1) is 11.3 Å². The van der Waals surface area contributed by atoms with Gasteiger partial charge in [-0.25, -0.2) is 0 Å². The van der Waals surface area contributed by atoms with Gasteiger partial charge in [0, 0.05) is 29.5 Å². The Hall–Kier alpha value is -2.06. The second-order valence-electron chi connectivity index (χ2n) is 5.18. The predicted molar refractivity (Wildman–Crippen MR) is 79.6 cm³/mol. The van der Waals surface area contributed by atoms with Crippen molar-refractivity contribution in [1.82, 2.24) is 5.32 Å². The molecule has 0 spiro atoms. The van der Waals surface area contributed by atoms with Crippen LogP contribution < -0.4 is 15.5 Å². The van der Waals surface area contributed by atoms with E-state index in [2.05, 4.69) is 35.5 Å². The van der Waals surface area contributed by atoms with E-state index >= 15 is 0 Å². The highest BCUT2D eigenvalue weighted by Crippen LogP contribution is 2.34. The number of benzene rings is 1. The Balaban J connectivity index is 2.29. The fraction of sp³-hybridized carbons (Fsp3) is 0.467. The number of hydrogen-bond donors (Lipinski definition) is 2. The minimum Gasteiger partial charge on any atom is -0.368 e. The molecule has 0 saturated carbocycles. The number of nitrogens with zero attached hydrogens (tertiary/aromatic N) is 2. The van der Waals surface area contributed by atoms with Crippen molar-refractivity contribution < 1.29 is 4.79 Å². The first-order chi connectivity index (χ1) is 9.58. The molecule has 5 nitrogen and oxygen atoms in total. The number of nitrogens with one attached hydrogen (secondary N) is 2. The van der Waals surface area contributed by atoms with Crippen LogP contribution in [0.2, 0.25) is 0 Å². The van der Waals surface area contributed by atoms with E-state index in [4.69, 9.17) is 5.26 Å². The average Bonchev–Trinajstić information content (AvgIpc) is 2.73. The molecule has 106 valence electrons. The number of nitriles is 1. The molecule has 0 fully saturated rings. The fourth-order valence-corrected chi connectivity index (χ4v) is 2.57. The maximum Gasteiger partial charge on any atom is 0.246 e. The first kappa shape index (κ1) is 14.4. The second kappa shape index (κ2) is 5.93. The quantitative estimate of drug-likeness (QED) is 0.860. The van der Waals surface area contributed by atoms with Crippen LogP contribution in [0.4, 0.5) is 11.4 Å².